The molecule has 2 bridgehead atoms. The van der Waals surface area contributed by atoms with Gasteiger partial charge in [-0.05, 0) is 53.3 Å². The van der Waals surface area contributed by atoms with Crippen LogP contribution in [-0.4, -0.2) is 23.0 Å². The van der Waals surface area contributed by atoms with Crippen molar-refractivity contribution in [2.75, 3.05) is 4.90 Å². The molecule has 3 aromatic carbocycles. The maximum atomic E-state index is 14.2. The molecule has 1 aliphatic heterocycles. The quantitative estimate of drug-likeness (QED) is 0.250. The van der Waals surface area contributed by atoms with Gasteiger partial charge in [0.05, 0.1) is 22.2 Å². The van der Waals surface area contributed by atoms with Crippen LogP contribution in [0.3, 0.4) is 0 Å². The molecular formula is C28H22N2O5. The number of nitrogens with zero attached hydrogens (tertiary/aromatic N) is 2. The van der Waals surface area contributed by atoms with Crippen LogP contribution in [-0.2, 0) is 25.2 Å². The zero-order chi connectivity index (χ0) is 24.9. The number of aryl methyl sites for hydroxylation is 2. The van der Waals surface area contributed by atoms with Crippen LogP contribution in [0.4, 0.5) is 11.4 Å². The molecule has 0 N–H and O–H groups in total. The first-order valence-corrected chi connectivity index (χ1v) is 11.5. The number of hydrogen-bond donors (Lipinski definition) is 0. The van der Waals surface area contributed by atoms with Gasteiger partial charge in [0.2, 0.25) is 11.8 Å². The summed E-state index contributed by atoms with van der Waals surface area (Å²) < 4.78 is 0. The summed E-state index contributed by atoms with van der Waals surface area (Å²) >= 11 is 0. The molecule has 1 fully saturated rings. The normalized spacial score (nSPS) is 27.9. The van der Waals surface area contributed by atoms with E-state index in [1.54, 1.807) is 13.8 Å². The molecule has 0 radical (unpaired) electrons. The van der Waals surface area contributed by atoms with E-state index >= 15 is 0 Å². The summed E-state index contributed by atoms with van der Waals surface area (Å²) in [4.78, 5) is 53.8. The molecule has 174 valence electrons. The third kappa shape index (κ3) is 2.28. The van der Waals surface area contributed by atoms with E-state index in [2.05, 4.69) is 0 Å². The molecule has 1 saturated heterocycles. The van der Waals surface area contributed by atoms with Gasteiger partial charge in [-0.1, -0.05) is 55.5 Å². The molecule has 2 amide bonds. The number of rotatable bonds is 3. The fourth-order valence-corrected chi connectivity index (χ4v) is 6.81. The lowest BCUT2D eigenvalue weighted by Gasteiger charge is -2.56. The third-order valence-corrected chi connectivity index (χ3v) is 8.50. The summed E-state index contributed by atoms with van der Waals surface area (Å²) in [7, 11) is 0. The lowest BCUT2D eigenvalue weighted by Crippen LogP contribution is -2.61. The van der Waals surface area contributed by atoms with Crippen LogP contribution < -0.4 is 4.90 Å². The van der Waals surface area contributed by atoms with Crippen LogP contribution in [0.25, 0.3) is 0 Å². The number of anilines is 1. The van der Waals surface area contributed by atoms with Gasteiger partial charge in [0.25, 0.3) is 5.69 Å². The second kappa shape index (κ2) is 6.72. The highest BCUT2D eigenvalue weighted by molar-refractivity contribution is 6.26. The fraction of sp³-hybridized carbons (Fsp3) is 0.250. The van der Waals surface area contributed by atoms with Crippen molar-refractivity contribution in [2.24, 2.45) is 11.8 Å². The standard InChI is InChI=1S/C28H22N2O5/c1-15-12-21(22(30(34)35)13-16(15)2)29-25(32)23-24(26(29)33)28(14-31)19-10-6-4-8-17(19)27(23,3)18-9-5-7-11-20(18)28/h4-14,23-24H,1-3H3/t23-,24-,27?,28?/m1/s1. The van der Waals surface area contributed by atoms with Crippen molar-refractivity contribution < 1.29 is 19.3 Å². The molecule has 3 aliphatic carbocycles. The Morgan fingerprint density at radius 1 is 0.857 bits per heavy atom. The first-order valence-electron chi connectivity index (χ1n) is 11.5. The number of imide groups is 1. The van der Waals surface area contributed by atoms with Gasteiger partial charge in [0.1, 0.15) is 12.0 Å². The average molecular weight is 466 g/mol. The van der Waals surface area contributed by atoms with Crippen molar-refractivity contribution in [3.63, 3.8) is 0 Å². The van der Waals surface area contributed by atoms with Gasteiger partial charge in [-0.15, -0.1) is 0 Å². The van der Waals surface area contributed by atoms with E-state index in [0.29, 0.717) is 5.56 Å². The van der Waals surface area contributed by atoms with Crippen molar-refractivity contribution >= 4 is 29.5 Å². The van der Waals surface area contributed by atoms with Gasteiger partial charge in [0, 0.05) is 11.5 Å². The number of benzene rings is 3. The lowest BCUT2D eigenvalue weighted by atomic mass is 9.42. The SMILES string of the molecule is Cc1cc(N2C(=O)[C@H]3[C@H](C2=O)C2(C=O)c4ccccc4C3(C)c3ccccc32)c([N+](=O)[O-])cc1C. The van der Waals surface area contributed by atoms with Crippen LogP contribution in [0.5, 0.6) is 0 Å². The summed E-state index contributed by atoms with van der Waals surface area (Å²) in [6.07, 6.45) is 0.796. The van der Waals surface area contributed by atoms with Crippen molar-refractivity contribution in [1.29, 1.82) is 0 Å². The highest BCUT2D eigenvalue weighted by atomic mass is 16.6. The summed E-state index contributed by atoms with van der Waals surface area (Å²) in [6, 6.07) is 17.9. The predicted octanol–water partition coefficient (Wildman–Crippen LogP) is 4.14. The third-order valence-electron chi connectivity index (χ3n) is 8.50. The number of carbonyl (C=O) groups excluding carboxylic acids is 3. The Morgan fingerprint density at radius 3 is 1.86 bits per heavy atom. The Bertz CT molecular complexity index is 1460. The molecule has 35 heavy (non-hydrogen) atoms. The monoisotopic (exact) mass is 466 g/mol. The Labute approximate surface area is 201 Å². The molecule has 2 atom stereocenters. The number of nitro benzene ring substituents is 1. The van der Waals surface area contributed by atoms with Crippen molar-refractivity contribution in [1.82, 2.24) is 0 Å². The topological polar surface area (TPSA) is 97.6 Å². The Kier molecular flexibility index (Phi) is 4.11. The highest BCUT2D eigenvalue weighted by Crippen LogP contribution is 2.66. The minimum Gasteiger partial charge on any atom is -0.302 e. The average Bonchev–Trinajstić information content (AvgIpc) is 3.13. The Balaban J connectivity index is 1.68. The van der Waals surface area contributed by atoms with Gasteiger partial charge >= 0.3 is 0 Å². The van der Waals surface area contributed by atoms with E-state index in [-0.39, 0.29) is 11.4 Å². The van der Waals surface area contributed by atoms with Gasteiger partial charge in [-0.25, -0.2) is 4.90 Å². The maximum Gasteiger partial charge on any atom is 0.293 e. The molecule has 0 saturated carbocycles. The Hall–Kier alpha value is -4.13. The summed E-state index contributed by atoms with van der Waals surface area (Å²) in [5, 5.41) is 12.0. The van der Waals surface area contributed by atoms with E-state index in [4.69, 9.17) is 0 Å². The van der Waals surface area contributed by atoms with Crippen LogP contribution >= 0.6 is 0 Å². The molecule has 7 rings (SSSR count). The molecule has 0 unspecified atom stereocenters. The van der Waals surface area contributed by atoms with Crippen LogP contribution in [0, 0.1) is 35.8 Å². The second-order valence-electron chi connectivity index (χ2n) is 9.93. The first kappa shape index (κ1) is 21.4. The number of aldehydes is 1. The van der Waals surface area contributed by atoms with E-state index in [0.717, 1.165) is 39.0 Å². The predicted molar refractivity (Wildman–Crippen MR) is 128 cm³/mol. The minimum atomic E-state index is -1.36. The molecule has 1 heterocycles. The fourth-order valence-electron chi connectivity index (χ4n) is 6.81. The van der Waals surface area contributed by atoms with Gasteiger partial charge < -0.3 is 4.79 Å². The van der Waals surface area contributed by atoms with Gasteiger partial charge in [0.15, 0.2) is 0 Å². The largest absolute Gasteiger partial charge is 0.302 e. The summed E-state index contributed by atoms with van der Waals surface area (Å²) in [5.74, 6) is -2.95. The molecular weight excluding hydrogens is 444 g/mol. The zero-order valence-corrected chi connectivity index (χ0v) is 19.4. The Morgan fingerprint density at radius 2 is 1.34 bits per heavy atom. The number of carbonyl (C=O) groups is 3. The molecule has 7 heteroatoms. The number of amides is 2. The van der Waals surface area contributed by atoms with Gasteiger partial charge in [-0.3, -0.25) is 19.7 Å². The van der Waals surface area contributed by atoms with E-state index in [9.17, 15) is 24.5 Å². The lowest BCUT2D eigenvalue weighted by molar-refractivity contribution is -0.384. The molecule has 0 spiro atoms. The van der Waals surface area contributed by atoms with E-state index in [1.165, 1.54) is 12.1 Å². The van der Waals surface area contributed by atoms with Crippen molar-refractivity contribution in [2.45, 2.75) is 31.6 Å². The number of hydrogen-bond acceptors (Lipinski definition) is 5. The molecule has 0 aromatic heterocycles. The molecule has 3 aromatic rings. The second-order valence-corrected chi connectivity index (χ2v) is 9.93. The van der Waals surface area contributed by atoms with Crippen LogP contribution in [0.2, 0.25) is 0 Å². The molecule has 4 aliphatic rings. The number of nitro groups is 1. The summed E-state index contributed by atoms with van der Waals surface area (Å²) in [5.41, 5.74) is 1.95. The van der Waals surface area contributed by atoms with E-state index < -0.39 is 39.4 Å². The van der Waals surface area contributed by atoms with E-state index in [1.807, 2.05) is 55.5 Å². The minimum absolute atomic E-state index is 0.0420. The smallest absolute Gasteiger partial charge is 0.293 e. The maximum absolute atomic E-state index is 14.2. The van der Waals surface area contributed by atoms with Crippen LogP contribution in [0.1, 0.15) is 40.3 Å². The highest BCUT2D eigenvalue weighted by Gasteiger charge is 2.72. The van der Waals surface area contributed by atoms with Crippen molar-refractivity contribution in [3.8, 4) is 0 Å². The van der Waals surface area contributed by atoms with Crippen LogP contribution in [0.15, 0.2) is 60.7 Å². The van der Waals surface area contributed by atoms with Gasteiger partial charge in [-0.2, -0.15) is 0 Å². The first-order chi connectivity index (χ1) is 16.7. The zero-order valence-electron chi connectivity index (χ0n) is 19.4. The molecule has 7 nitrogen and oxygen atoms in total. The van der Waals surface area contributed by atoms with Crippen molar-refractivity contribution in [3.05, 3.63) is 104 Å². The summed E-state index contributed by atoms with van der Waals surface area (Å²) in [6.45, 7) is 5.47.